The molecule has 0 spiro atoms. The fraction of sp³-hybridized carbons (Fsp3) is 0.316. The number of nitrogens with two attached hydrogens (primary N) is 1. The van der Waals surface area contributed by atoms with Crippen molar-refractivity contribution in [3.8, 4) is 11.1 Å². The van der Waals surface area contributed by atoms with Gasteiger partial charge in [0.1, 0.15) is 0 Å². The number of ketones is 1. The van der Waals surface area contributed by atoms with Crippen molar-refractivity contribution in [2.75, 3.05) is 25.5 Å². The van der Waals surface area contributed by atoms with Gasteiger partial charge in [0.2, 0.25) is 10.0 Å². The standard InChI is InChI=1S/C19H20ClFN2O4S/c20-17-10-13(12-1-3-14(22)4-2-12)9-16(19(17)21)18(24)11-23-28(25,26)15-5-7-27-8-6-15/h1-4,9-10,15,23H,5-8,11,22H2. The van der Waals surface area contributed by atoms with Crippen LogP contribution in [0.5, 0.6) is 0 Å². The Kier molecular flexibility index (Phi) is 6.34. The van der Waals surface area contributed by atoms with E-state index in [4.69, 9.17) is 22.1 Å². The predicted molar refractivity (Wildman–Crippen MR) is 106 cm³/mol. The Hall–Kier alpha value is -2.00. The van der Waals surface area contributed by atoms with Gasteiger partial charge in [0.25, 0.3) is 0 Å². The van der Waals surface area contributed by atoms with Crippen LogP contribution in [0.15, 0.2) is 36.4 Å². The van der Waals surface area contributed by atoms with Crippen molar-refractivity contribution in [1.29, 1.82) is 0 Å². The average molecular weight is 427 g/mol. The fourth-order valence-electron chi connectivity index (χ4n) is 3.00. The Bertz CT molecular complexity index is 974. The third-order valence-electron chi connectivity index (χ3n) is 4.61. The number of sulfonamides is 1. The lowest BCUT2D eigenvalue weighted by Crippen LogP contribution is -2.40. The number of nitrogen functional groups attached to an aromatic ring is 1. The molecule has 0 saturated carbocycles. The van der Waals surface area contributed by atoms with Gasteiger partial charge in [-0.3, -0.25) is 4.79 Å². The van der Waals surface area contributed by atoms with Gasteiger partial charge in [0.05, 0.1) is 22.4 Å². The third kappa shape index (κ3) is 4.70. The number of rotatable bonds is 6. The maximum atomic E-state index is 14.4. The zero-order chi connectivity index (χ0) is 20.3. The van der Waals surface area contributed by atoms with Crippen molar-refractivity contribution in [2.24, 2.45) is 0 Å². The van der Waals surface area contributed by atoms with E-state index in [-0.39, 0.29) is 10.6 Å². The number of hydrogen-bond acceptors (Lipinski definition) is 5. The van der Waals surface area contributed by atoms with Gasteiger partial charge < -0.3 is 10.5 Å². The molecule has 1 heterocycles. The van der Waals surface area contributed by atoms with E-state index in [1.54, 1.807) is 24.3 Å². The molecule has 0 atom stereocenters. The summed E-state index contributed by atoms with van der Waals surface area (Å²) in [6, 6.07) is 9.57. The van der Waals surface area contributed by atoms with Crippen LogP contribution in [0.4, 0.5) is 10.1 Å². The van der Waals surface area contributed by atoms with Crippen LogP contribution in [-0.2, 0) is 14.8 Å². The molecular weight excluding hydrogens is 407 g/mol. The molecule has 0 radical (unpaired) electrons. The topological polar surface area (TPSA) is 98.5 Å². The summed E-state index contributed by atoms with van der Waals surface area (Å²) in [5.41, 5.74) is 7.19. The fourth-order valence-corrected chi connectivity index (χ4v) is 4.60. The van der Waals surface area contributed by atoms with Crippen molar-refractivity contribution in [3.63, 3.8) is 0 Å². The van der Waals surface area contributed by atoms with Crippen LogP contribution >= 0.6 is 11.6 Å². The Morgan fingerprint density at radius 1 is 1.18 bits per heavy atom. The third-order valence-corrected chi connectivity index (χ3v) is 6.78. The average Bonchev–Trinajstić information content (AvgIpc) is 2.69. The van der Waals surface area contributed by atoms with Crippen molar-refractivity contribution in [3.05, 3.63) is 52.8 Å². The number of Topliss-reactive ketones (excluding diaryl/α,β-unsaturated/α-hetero) is 1. The number of halogens is 2. The van der Waals surface area contributed by atoms with Crippen LogP contribution in [0.3, 0.4) is 0 Å². The molecule has 2 aromatic rings. The Morgan fingerprint density at radius 2 is 1.82 bits per heavy atom. The highest BCUT2D eigenvalue weighted by Gasteiger charge is 2.28. The second-order valence-corrected chi connectivity index (χ2v) is 9.00. The lowest BCUT2D eigenvalue weighted by atomic mass is 10.0. The lowest BCUT2D eigenvalue weighted by molar-refractivity contribution is 0.0974. The van der Waals surface area contributed by atoms with Crippen LogP contribution in [0.1, 0.15) is 23.2 Å². The molecule has 3 rings (SSSR count). The first-order valence-electron chi connectivity index (χ1n) is 8.72. The Labute approximate surface area is 167 Å². The largest absolute Gasteiger partial charge is 0.399 e. The number of anilines is 1. The highest BCUT2D eigenvalue weighted by molar-refractivity contribution is 7.90. The van der Waals surface area contributed by atoms with Crippen LogP contribution < -0.4 is 10.5 Å². The molecule has 0 bridgehead atoms. The van der Waals surface area contributed by atoms with Gasteiger partial charge >= 0.3 is 0 Å². The van der Waals surface area contributed by atoms with E-state index in [0.717, 1.165) is 0 Å². The predicted octanol–water partition coefficient (Wildman–Crippen LogP) is 3.01. The van der Waals surface area contributed by atoms with Crippen molar-refractivity contribution >= 4 is 33.1 Å². The summed E-state index contributed by atoms with van der Waals surface area (Å²) in [7, 11) is -3.70. The molecule has 3 N–H and O–H groups in total. The minimum Gasteiger partial charge on any atom is -0.399 e. The first-order chi connectivity index (χ1) is 13.3. The van der Waals surface area contributed by atoms with Gasteiger partial charge in [-0.25, -0.2) is 17.5 Å². The molecule has 2 aromatic carbocycles. The van der Waals surface area contributed by atoms with Crippen LogP contribution in [0, 0.1) is 5.82 Å². The summed E-state index contributed by atoms with van der Waals surface area (Å²) in [5.74, 6) is -1.58. The molecule has 0 amide bonds. The number of hydrogen-bond donors (Lipinski definition) is 2. The van der Waals surface area contributed by atoms with Gasteiger partial charge in [0, 0.05) is 18.9 Å². The highest BCUT2D eigenvalue weighted by Crippen LogP contribution is 2.29. The van der Waals surface area contributed by atoms with Crippen molar-refractivity contribution in [1.82, 2.24) is 4.72 Å². The Morgan fingerprint density at radius 3 is 2.46 bits per heavy atom. The molecule has 150 valence electrons. The van der Waals surface area contributed by atoms with Gasteiger partial charge in [-0.15, -0.1) is 0 Å². The maximum absolute atomic E-state index is 14.4. The number of carbonyl (C=O) groups excluding carboxylic acids is 1. The molecule has 1 fully saturated rings. The molecule has 0 aliphatic carbocycles. The summed E-state index contributed by atoms with van der Waals surface area (Å²) < 4.78 is 46.5. The van der Waals surface area contributed by atoms with Gasteiger partial charge in [-0.2, -0.15) is 0 Å². The molecule has 1 aliphatic heterocycles. The summed E-state index contributed by atoms with van der Waals surface area (Å²) in [4.78, 5) is 12.5. The molecule has 0 aromatic heterocycles. The number of ether oxygens (including phenoxy) is 1. The molecule has 6 nitrogen and oxygen atoms in total. The van der Waals surface area contributed by atoms with E-state index in [1.807, 2.05) is 0 Å². The molecule has 0 unspecified atom stereocenters. The second-order valence-electron chi connectivity index (χ2n) is 6.54. The monoisotopic (exact) mass is 426 g/mol. The first kappa shape index (κ1) is 20.7. The SMILES string of the molecule is Nc1ccc(-c2cc(Cl)c(F)c(C(=O)CNS(=O)(=O)C3CCOCC3)c2)cc1. The smallest absolute Gasteiger partial charge is 0.215 e. The van der Waals surface area contributed by atoms with E-state index in [2.05, 4.69) is 4.72 Å². The van der Waals surface area contributed by atoms with Crippen molar-refractivity contribution in [2.45, 2.75) is 18.1 Å². The second kappa shape index (κ2) is 8.57. The van der Waals surface area contributed by atoms with E-state index >= 15 is 0 Å². The summed E-state index contributed by atoms with van der Waals surface area (Å²) in [6.45, 7) is 0.166. The number of nitrogens with one attached hydrogen (secondary N) is 1. The molecule has 28 heavy (non-hydrogen) atoms. The summed E-state index contributed by atoms with van der Waals surface area (Å²) in [6.07, 6.45) is 0.715. The molecule has 1 saturated heterocycles. The normalized spacial score (nSPS) is 15.5. The quantitative estimate of drug-likeness (QED) is 0.546. The number of benzene rings is 2. The lowest BCUT2D eigenvalue weighted by Gasteiger charge is -2.22. The van der Waals surface area contributed by atoms with Crippen LogP contribution in [0.25, 0.3) is 11.1 Å². The first-order valence-corrected chi connectivity index (χ1v) is 10.6. The zero-order valence-corrected chi connectivity index (χ0v) is 16.5. The molecule has 1 aliphatic rings. The molecule has 9 heteroatoms. The Balaban J connectivity index is 1.80. The van der Waals surface area contributed by atoms with E-state index in [9.17, 15) is 17.6 Å². The zero-order valence-electron chi connectivity index (χ0n) is 15.0. The highest BCUT2D eigenvalue weighted by atomic mass is 35.5. The van der Waals surface area contributed by atoms with Crippen molar-refractivity contribution < 1.29 is 22.3 Å². The molecular formula is C19H20ClFN2O4S. The number of carbonyl (C=O) groups is 1. The van der Waals surface area contributed by atoms with Crippen LogP contribution in [0.2, 0.25) is 5.02 Å². The van der Waals surface area contributed by atoms with Gasteiger partial charge in [-0.1, -0.05) is 23.7 Å². The minimum atomic E-state index is -3.70. The summed E-state index contributed by atoms with van der Waals surface area (Å²) >= 11 is 5.95. The van der Waals surface area contributed by atoms with E-state index < -0.39 is 33.4 Å². The summed E-state index contributed by atoms with van der Waals surface area (Å²) in [5, 5.41) is -0.839. The maximum Gasteiger partial charge on any atom is 0.215 e. The van der Waals surface area contributed by atoms with Gasteiger partial charge in [-0.05, 0) is 48.2 Å². The minimum absolute atomic E-state index is 0.218. The van der Waals surface area contributed by atoms with E-state index in [1.165, 1.54) is 12.1 Å². The van der Waals surface area contributed by atoms with E-state index in [0.29, 0.717) is 42.9 Å². The van der Waals surface area contributed by atoms with Crippen LogP contribution in [-0.4, -0.2) is 39.2 Å². The van der Waals surface area contributed by atoms with Gasteiger partial charge in [0.15, 0.2) is 11.6 Å².